The largest absolute Gasteiger partial charge is 0.469 e. The molecule has 0 aromatic carbocycles. The van der Waals surface area contributed by atoms with Crippen molar-refractivity contribution in [3.63, 3.8) is 0 Å². The minimum absolute atomic E-state index is 0.169. The molecule has 2 aromatic rings. The molecule has 19 heavy (non-hydrogen) atoms. The SMILES string of the molecule is Cc1nn(C)cc1C(CN)N(C)Cc1ccoc1C. The highest BCUT2D eigenvalue weighted by atomic mass is 16.3. The van der Waals surface area contributed by atoms with Crippen LogP contribution in [0.5, 0.6) is 0 Å². The molecule has 0 amide bonds. The van der Waals surface area contributed by atoms with Gasteiger partial charge in [-0.15, -0.1) is 0 Å². The first-order chi connectivity index (χ1) is 9.02. The number of nitrogens with zero attached hydrogens (tertiary/aromatic N) is 3. The van der Waals surface area contributed by atoms with E-state index in [4.69, 9.17) is 10.2 Å². The summed E-state index contributed by atoms with van der Waals surface area (Å²) < 4.78 is 7.18. The van der Waals surface area contributed by atoms with Gasteiger partial charge in [0.25, 0.3) is 0 Å². The predicted molar refractivity (Wildman–Crippen MR) is 74.7 cm³/mol. The Labute approximate surface area is 114 Å². The maximum Gasteiger partial charge on any atom is 0.105 e. The quantitative estimate of drug-likeness (QED) is 0.892. The van der Waals surface area contributed by atoms with E-state index in [1.54, 1.807) is 6.26 Å². The number of furan rings is 1. The number of rotatable bonds is 5. The fraction of sp³-hybridized carbons (Fsp3) is 0.500. The molecular formula is C14H22N4O. The van der Waals surface area contributed by atoms with Crippen molar-refractivity contribution < 1.29 is 4.42 Å². The van der Waals surface area contributed by atoms with Crippen LogP contribution in [0.4, 0.5) is 0 Å². The predicted octanol–water partition coefficient (Wildman–Crippen LogP) is 1.76. The van der Waals surface area contributed by atoms with E-state index in [-0.39, 0.29) is 6.04 Å². The number of likely N-dealkylation sites (N-methyl/N-ethyl adjacent to an activating group) is 1. The molecule has 0 fully saturated rings. The van der Waals surface area contributed by atoms with Gasteiger partial charge in [-0.05, 0) is 27.0 Å². The third-order valence-corrected chi connectivity index (χ3v) is 3.55. The molecule has 0 bridgehead atoms. The molecule has 1 atom stereocenters. The van der Waals surface area contributed by atoms with E-state index >= 15 is 0 Å². The van der Waals surface area contributed by atoms with Crippen LogP contribution in [0.25, 0.3) is 0 Å². The van der Waals surface area contributed by atoms with Crippen molar-refractivity contribution in [2.45, 2.75) is 26.4 Å². The Hall–Kier alpha value is -1.59. The van der Waals surface area contributed by atoms with Crippen LogP contribution in [-0.2, 0) is 13.6 Å². The van der Waals surface area contributed by atoms with E-state index in [0.717, 1.165) is 18.0 Å². The van der Waals surface area contributed by atoms with Gasteiger partial charge in [0.15, 0.2) is 0 Å². The van der Waals surface area contributed by atoms with Crippen molar-refractivity contribution in [3.8, 4) is 0 Å². The van der Waals surface area contributed by atoms with Gasteiger partial charge < -0.3 is 10.2 Å². The summed E-state index contributed by atoms with van der Waals surface area (Å²) in [6.45, 7) is 5.39. The number of hydrogen-bond donors (Lipinski definition) is 1. The topological polar surface area (TPSA) is 60.2 Å². The van der Waals surface area contributed by atoms with Gasteiger partial charge in [-0.1, -0.05) is 0 Å². The van der Waals surface area contributed by atoms with Crippen molar-refractivity contribution in [1.82, 2.24) is 14.7 Å². The van der Waals surface area contributed by atoms with Crippen molar-refractivity contribution in [2.75, 3.05) is 13.6 Å². The highest BCUT2D eigenvalue weighted by Crippen LogP contribution is 2.23. The summed E-state index contributed by atoms with van der Waals surface area (Å²) in [5.41, 5.74) is 9.37. The molecule has 2 heterocycles. The Morgan fingerprint density at radius 1 is 1.47 bits per heavy atom. The molecule has 0 aliphatic carbocycles. The van der Waals surface area contributed by atoms with Gasteiger partial charge in [-0.25, -0.2) is 0 Å². The lowest BCUT2D eigenvalue weighted by Crippen LogP contribution is -2.30. The van der Waals surface area contributed by atoms with E-state index in [2.05, 4.69) is 17.0 Å². The molecule has 0 saturated carbocycles. The van der Waals surface area contributed by atoms with Crippen LogP contribution in [0.15, 0.2) is 22.9 Å². The van der Waals surface area contributed by atoms with Crippen LogP contribution >= 0.6 is 0 Å². The summed E-state index contributed by atoms with van der Waals surface area (Å²) in [4.78, 5) is 2.24. The van der Waals surface area contributed by atoms with Crippen LogP contribution in [-0.4, -0.2) is 28.3 Å². The monoisotopic (exact) mass is 262 g/mol. The molecule has 0 aliphatic heterocycles. The lowest BCUT2D eigenvalue weighted by Gasteiger charge is -2.26. The molecule has 2 rings (SSSR count). The molecule has 0 spiro atoms. The third kappa shape index (κ3) is 2.88. The fourth-order valence-electron chi connectivity index (χ4n) is 2.44. The summed E-state index contributed by atoms with van der Waals surface area (Å²) in [5.74, 6) is 0.963. The standard InChI is InChI=1S/C14H22N4O/c1-10-13(9-18(4)16-10)14(7-15)17(3)8-12-5-6-19-11(12)2/h5-6,9,14H,7-8,15H2,1-4H3. The summed E-state index contributed by atoms with van der Waals surface area (Å²) in [6.07, 6.45) is 3.77. The maximum absolute atomic E-state index is 5.95. The molecule has 1 unspecified atom stereocenters. The summed E-state index contributed by atoms with van der Waals surface area (Å²) in [7, 11) is 4.01. The number of hydrogen-bond acceptors (Lipinski definition) is 4. The average molecular weight is 262 g/mol. The van der Waals surface area contributed by atoms with Gasteiger partial charge in [-0.3, -0.25) is 9.58 Å². The lowest BCUT2D eigenvalue weighted by atomic mass is 10.1. The van der Waals surface area contributed by atoms with Gasteiger partial charge in [0.05, 0.1) is 18.0 Å². The van der Waals surface area contributed by atoms with Crippen LogP contribution in [0.3, 0.4) is 0 Å². The Balaban J connectivity index is 2.18. The first kappa shape index (κ1) is 13.8. The van der Waals surface area contributed by atoms with Crippen LogP contribution < -0.4 is 5.73 Å². The van der Waals surface area contributed by atoms with E-state index in [1.165, 1.54) is 11.1 Å². The van der Waals surface area contributed by atoms with Crippen molar-refractivity contribution in [1.29, 1.82) is 0 Å². The average Bonchev–Trinajstić information content (AvgIpc) is 2.88. The second kappa shape index (κ2) is 5.59. The summed E-state index contributed by atoms with van der Waals surface area (Å²) >= 11 is 0. The third-order valence-electron chi connectivity index (χ3n) is 3.55. The first-order valence-electron chi connectivity index (χ1n) is 6.46. The normalized spacial score (nSPS) is 13.2. The van der Waals surface area contributed by atoms with Crippen molar-refractivity contribution in [3.05, 3.63) is 41.1 Å². The minimum atomic E-state index is 0.169. The van der Waals surface area contributed by atoms with Gasteiger partial charge in [-0.2, -0.15) is 5.10 Å². The van der Waals surface area contributed by atoms with Crippen LogP contribution in [0, 0.1) is 13.8 Å². The number of aryl methyl sites for hydroxylation is 3. The summed E-state index contributed by atoms with van der Waals surface area (Å²) in [5, 5.41) is 4.39. The molecule has 5 heteroatoms. The van der Waals surface area contributed by atoms with Crippen molar-refractivity contribution >= 4 is 0 Å². The molecule has 0 saturated heterocycles. The highest BCUT2D eigenvalue weighted by molar-refractivity contribution is 5.22. The van der Waals surface area contributed by atoms with Crippen molar-refractivity contribution in [2.24, 2.45) is 12.8 Å². The van der Waals surface area contributed by atoms with E-state index in [0.29, 0.717) is 6.54 Å². The van der Waals surface area contributed by atoms with E-state index < -0.39 is 0 Å². The first-order valence-corrected chi connectivity index (χ1v) is 6.46. The summed E-state index contributed by atoms with van der Waals surface area (Å²) in [6, 6.07) is 2.18. The maximum atomic E-state index is 5.95. The second-order valence-electron chi connectivity index (χ2n) is 5.01. The minimum Gasteiger partial charge on any atom is -0.469 e. The van der Waals surface area contributed by atoms with Crippen LogP contribution in [0.2, 0.25) is 0 Å². The zero-order valence-electron chi connectivity index (χ0n) is 12.1. The Morgan fingerprint density at radius 3 is 2.68 bits per heavy atom. The Kier molecular flexibility index (Phi) is 4.07. The molecule has 5 nitrogen and oxygen atoms in total. The van der Waals surface area contributed by atoms with Gasteiger partial charge in [0.1, 0.15) is 5.76 Å². The molecule has 104 valence electrons. The lowest BCUT2D eigenvalue weighted by molar-refractivity contribution is 0.239. The van der Waals surface area contributed by atoms with Gasteiger partial charge >= 0.3 is 0 Å². The molecule has 0 aliphatic rings. The number of aromatic nitrogens is 2. The molecule has 2 aromatic heterocycles. The molecular weight excluding hydrogens is 240 g/mol. The Morgan fingerprint density at radius 2 is 2.21 bits per heavy atom. The fourth-order valence-corrected chi connectivity index (χ4v) is 2.44. The zero-order chi connectivity index (χ0) is 14.0. The van der Waals surface area contributed by atoms with E-state index in [9.17, 15) is 0 Å². The smallest absolute Gasteiger partial charge is 0.105 e. The molecule has 0 radical (unpaired) electrons. The second-order valence-corrected chi connectivity index (χ2v) is 5.01. The number of nitrogens with two attached hydrogens (primary N) is 1. The van der Waals surface area contributed by atoms with E-state index in [1.807, 2.05) is 37.8 Å². The van der Waals surface area contributed by atoms with Crippen LogP contribution in [0.1, 0.15) is 28.6 Å². The highest BCUT2D eigenvalue weighted by Gasteiger charge is 2.20. The zero-order valence-corrected chi connectivity index (χ0v) is 12.1. The van der Waals surface area contributed by atoms with Gasteiger partial charge in [0, 0.05) is 37.5 Å². The molecule has 2 N–H and O–H groups in total. The van der Waals surface area contributed by atoms with Gasteiger partial charge in [0.2, 0.25) is 0 Å². The Bertz CT molecular complexity index is 543.